The summed E-state index contributed by atoms with van der Waals surface area (Å²) in [5.74, 6) is 1.74. The SMILES string of the molecule is COc1ccc(N=Nc2cc(-c3ccc(Cl)cc3)[nH]n2)c(OC)c1. The number of halogens is 1. The fourth-order valence-corrected chi connectivity index (χ4v) is 2.24. The van der Waals surface area contributed by atoms with Gasteiger partial charge in [0.05, 0.1) is 19.9 Å². The van der Waals surface area contributed by atoms with Crippen molar-refractivity contribution in [1.29, 1.82) is 0 Å². The highest BCUT2D eigenvalue weighted by atomic mass is 35.5. The summed E-state index contributed by atoms with van der Waals surface area (Å²) in [6.07, 6.45) is 0. The summed E-state index contributed by atoms with van der Waals surface area (Å²) in [7, 11) is 3.17. The molecule has 122 valence electrons. The first-order chi connectivity index (χ1) is 11.7. The van der Waals surface area contributed by atoms with E-state index in [4.69, 9.17) is 21.1 Å². The minimum absolute atomic E-state index is 0.470. The van der Waals surface area contributed by atoms with E-state index >= 15 is 0 Å². The maximum Gasteiger partial charge on any atom is 0.196 e. The van der Waals surface area contributed by atoms with Gasteiger partial charge in [-0.3, -0.25) is 5.10 Å². The Morgan fingerprint density at radius 3 is 2.46 bits per heavy atom. The van der Waals surface area contributed by atoms with Gasteiger partial charge in [-0.25, -0.2) is 0 Å². The van der Waals surface area contributed by atoms with E-state index in [1.165, 1.54) is 0 Å². The third-order valence-electron chi connectivity index (χ3n) is 3.37. The van der Waals surface area contributed by atoms with Crippen molar-refractivity contribution in [1.82, 2.24) is 10.2 Å². The largest absolute Gasteiger partial charge is 0.497 e. The number of H-pyrrole nitrogens is 1. The van der Waals surface area contributed by atoms with Gasteiger partial charge < -0.3 is 9.47 Å². The van der Waals surface area contributed by atoms with Crippen LogP contribution in [0.1, 0.15) is 0 Å². The molecule has 3 aromatic rings. The van der Waals surface area contributed by atoms with Crippen LogP contribution in [-0.2, 0) is 0 Å². The Morgan fingerprint density at radius 1 is 0.958 bits per heavy atom. The number of nitrogens with one attached hydrogen (secondary N) is 1. The van der Waals surface area contributed by atoms with Crippen molar-refractivity contribution >= 4 is 23.1 Å². The van der Waals surface area contributed by atoms with Gasteiger partial charge in [0.1, 0.15) is 17.2 Å². The number of azo groups is 1. The summed E-state index contributed by atoms with van der Waals surface area (Å²) in [6, 6.07) is 14.6. The van der Waals surface area contributed by atoms with E-state index in [1.54, 1.807) is 32.4 Å². The third-order valence-corrected chi connectivity index (χ3v) is 3.62. The zero-order valence-electron chi connectivity index (χ0n) is 13.2. The fourth-order valence-electron chi connectivity index (χ4n) is 2.11. The molecule has 6 nitrogen and oxygen atoms in total. The van der Waals surface area contributed by atoms with Gasteiger partial charge in [-0.15, -0.1) is 10.2 Å². The molecule has 0 bridgehead atoms. The van der Waals surface area contributed by atoms with Crippen LogP contribution in [0.2, 0.25) is 5.02 Å². The highest BCUT2D eigenvalue weighted by molar-refractivity contribution is 6.30. The zero-order chi connectivity index (χ0) is 16.9. The number of methoxy groups -OCH3 is 2. The number of rotatable bonds is 5. The highest BCUT2D eigenvalue weighted by Gasteiger charge is 2.06. The summed E-state index contributed by atoms with van der Waals surface area (Å²) in [4.78, 5) is 0. The van der Waals surface area contributed by atoms with Gasteiger partial charge in [0.2, 0.25) is 0 Å². The Kier molecular flexibility index (Phi) is 4.77. The molecule has 0 fully saturated rings. The van der Waals surface area contributed by atoms with Crippen molar-refractivity contribution in [2.45, 2.75) is 0 Å². The van der Waals surface area contributed by atoms with Crippen LogP contribution in [0.3, 0.4) is 0 Å². The second kappa shape index (κ2) is 7.14. The van der Waals surface area contributed by atoms with Gasteiger partial charge in [0.15, 0.2) is 5.82 Å². The molecule has 0 spiro atoms. The van der Waals surface area contributed by atoms with E-state index in [0.29, 0.717) is 28.0 Å². The quantitative estimate of drug-likeness (QED) is 0.651. The topological polar surface area (TPSA) is 71.9 Å². The molecular formula is C17H15ClN4O2. The van der Waals surface area contributed by atoms with Crippen LogP contribution in [0, 0.1) is 0 Å². The minimum atomic E-state index is 0.470. The average molecular weight is 343 g/mol. The second-order valence-electron chi connectivity index (χ2n) is 4.88. The number of hydrogen-bond donors (Lipinski definition) is 1. The standard InChI is InChI=1S/C17H15ClN4O2/c1-23-13-7-8-14(16(9-13)24-2)19-21-17-10-15(20-22-17)11-3-5-12(18)6-4-11/h3-10H,1-2H3,(H,20,22). The number of nitrogens with zero attached hydrogens (tertiary/aromatic N) is 3. The van der Waals surface area contributed by atoms with Crippen LogP contribution in [0.25, 0.3) is 11.3 Å². The van der Waals surface area contributed by atoms with Crippen LogP contribution < -0.4 is 9.47 Å². The van der Waals surface area contributed by atoms with Crippen LogP contribution >= 0.6 is 11.6 Å². The van der Waals surface area contributed by atoms with Crippen molar-refractivity contribution < 1.29 is 9.47 Å². The van der Waals surface area contributed by atoms with Crippen molar-refractivity contribution in [2.75, 3.05) is 14.2 Å². The Labute approximate surface area is 144 Å². The Morgan fingerprint density at radius 2 is 1.75 bits per heavy atom. The number of aromatic nitrogens is 2. The van der Waals surface area contributed by atoms with E-state index in [2.05, 4.69) is 20.4 Å². The van der Waals surface area contributed by atoms with Crippen LogP contribution in [-0.4, -0.2) is 24.4 Å². The molecule has 24 heavy (non-hydrogen) atoms. The molecule has 2 aromatic carbocycles. The van der Waals surface area contributed by atoms with Gasteiger partial charge >= 0.3 is 0 Å². The Bertz CT molecular complexity index is 859. The molecule has 0 amide bonds. The van der Waals surface area contributed by atoms with E-state index in [-0.39, 0.29) is 0 Å². The summed E-state index contributed by atoms with van der Waals surface area (Å²) in [6.45, 7) is 0. The van der Waals surface area contributed by atoms with Crippen LogP contribution in [0.15, 0.2) is 58.8 Å². The number of benzene rings is 2. The molecule has 7 heteroatoms. The predicted octanol–water partition coefficient (Wildman–Crippen LogP) is 5.16. The first-order valence-electron chi connectivity index (χ1n) is 7.14. The lowest BCUT2D eigenvalue weighted by atomic mass is 10.1. The van der Waals surface area contributed by atoms with Crippen molar-refractivity contribution in [3.05, 3.63) is 53.6 Å². The molecule has 0 unspecified atom stereocenters. The molecule has 1 heterocycles. The Balaban J connectivity index is 1.82. The van der Waals surface area contributed by atoms with Gasteiger partial charge in [0, 0.05) is 17.2 Å². The maximum atomic E-state index is 5.89. The molecule has 0 aliphatic heterocycles. The normalized spacial score (nSPS) is 11.0. The molecule has 0 saturated carbocycles. The molecule has 0 radical (unpaired) electrons. The second-order valence-corrected chi connectivity index (χ2v) is 5.32. The first kappa shape index (κ1) is 16.0. The van der Waals surface area contributed by atoms with Crippen molar-refractivity contribution in [2.24, 2.45) is 10.2 Å². The molecule has 0 saturated heterocycles. The van der Waals surface area contributed by atoms with E-state index in [1.807, 2.05) is 30.3 Å². The number of ether oxygens (including phenoxy) is 2. The van der Waals surface area contributed by atoms with Gasteiger partial charge in [-0.1, -0.05) is 23.7 Å². The maximum absolute atomic E-state index is 5.89. The number of aromatic amines is 1. The van der Waals surface area contributed by atoms with Crippen LogP contribution in [0.5, 0.6) is 11.5 Å². The summed E-state index contributed by atoms with van der Waals surface area (Å²) in [5, 5.41) is 16.1. The summed E-state index contributed by atoms with van der Waals surface area (Å²) in [5.41, 5.74) is 2.40. The lowest BCUT2D eigenvalue weighted by Crippen LogP contribution is -1.86. The first-order valence-corrected chi connectivity index (χ1v) is 7.52. The summed E-state index contributed by atoms with van der Waals surface area (Å²) >= 11 is 5.89. The zero-order valence-corrected chi connectivity index (χ0v) is 13.9. The van der Waals surface area contributed by atoms with E-state index < -0.39 is 0 Å². The average Bonchev–Trinajstić information content (AvgIpc) is 3.09. The molecule has 0 aliphatic carbocycles. The highest BCUT2D eigenvalue weighted by Crippen LogP contribution is 2.32. The van der Waals surface area contributed by atoms with E-state index in [0.717, 1.165) is 11.3 Å². The third kappa shape index (κ3) is 3.55. The number of hydrogen-bond acceptors (Lipinski definition) is 5. The smallest absolute Gasteiger partial charge is 0.196 e. The van der Waals surface area contributed by atoms with Crippen molar-refractivity contribution in [3.8, 4) is 22.8 Å². The Hall–Kier alpha value is -2.86. The lowest BCUT2D eigenvalue weighted by Gasteiger charge is -2.05. The van der Waals surface area contributed by atoms with Gasteiger partial charge in [0.25, 0.3) is 0 Å². The minimum Gasteiger partial charge on any atom is -0.497 e. The molecule has 1 N–H and O–H groups in total. The molecule has 3 rings (SSSR count). The fraction of sp³-hybridized carbons (Fsp3) is 0.118. The van der Waals surface area contributed by atoms with E-state index in [9.17, 15) is 0 Å². The molecule has 0 aliphatic rings. The molecule has 0 atom stereocenters. The predicted molar refractivity (Wildman–Crippen MR) is 92.8 cm³/mol. The van der Waals surface area contributed by atoms with Gasteiger partial charge in [-0.05, 0) is 29.8 Å². The summed E-state index contributed by atoms with van der Waals surface area (Å²) < 4.78 is 10.4. The van der Waals surface area contributed by atoms with Crippen molar-refractivity contribution in [3.63, 3.8) is 0 Å². The lowest BCUT2D eigenvalue weighted by molar-refractivity contribution is 0.395. The van der Waals surface area contributed by atoms with Gasteiger partial charge in [-0.2, -0.15) is 5.10 Å². The van der Waals surface area contributed by atoms with Crippen LogP contribution in [0.4, 0.5) is 11.5 Å². The monoisotopic (exact) mass is 342 g/mol. The molecular weight excluding hydrogens is 328 g/mol. The molecule has 1 aromatic heterocycles.